The second-order valence-corrected chi connectivity index (χ2v) is 18.8. The molecular formula is C36H46N2O4Si. The first-order chi connectivity index (χ1) is 20.6. The van der Waals surface area contributed by atoms with Crippen LogP contribution in [-0.2, 0) is 20.7 Å². The number of hydrogen-bond acceptors (Lipinski definition) is 5. The number of carbonyl (C=O) groups is 2. The van der Waals surface area contributed by atoms with E-state index >= 15 is 0 Å². The molecule has 1 aliphatic heterocycles. The van der Waals surface area contributed by atoms with Gasteiger partial charge in [0.1, 0.15) is 13.8 Å². The minimum absolute atomic E-state index is 0.122. The number of hydrogen-bond donors (Lipinski definition) is 1. The number of rotatable bonds is 8. The number of nitrogens with one attached hydrogen (secondary N) is 1. The van der Waals surface area contributed by atoms with Crippen LogP contribution < -0.4 is 10.1 Å². The topological polar surface area (TPSA) is 67.9 Å². The van der Waals surface area contributed by atoms with E-state index in [0.717, 1.165) is 53.5 Å². The summed E-state index contributed by atoms with van der Waals surface area (Å²) in [6.45, 7) is 6.79. The van der Waals surface area contributed by atoms with Crippen molar-refractivity contribution >= 4 is 25.6 Å². The Hall–Kier alpha value is -3.24. The Kier molecular flexibility index (Phi) is 8.34. The van der Waals surface area contributed by atoms with E-state index < -0.39 is 8.07 Å². The molecule has 2 aromatic carbocycles. The van der Waals surface area contributed by atoms with Crippen molar-refractivity contribution in [2.45, 2.75) is 89.0 Å². The predicted octanol–water partition coefficient (Wildman–Crippen LogP) is 6.75. The summed E-state index contributed by atoms with van der Waals surface area (Å²) < 4.78 is 10.6. The number of benzene rings is 2. The zero-order valence-electron chi connectivity index (χ0n) is 26.2. The van der Waals surface area contributed by atoms with E-state index in [1.807, 2.05) is 11.0 Å². The van der Waals surface area contributed by atoms with Gasteiger partial charge in [-0.3, -0.25) is 9.59 Å². The van der Waals surface area contributed by atoms with Crippen LogP contribution in [0, 0.1) is 29.2 Å². The molecule has 0 unspecified atom stereocenters. The van der Waals surface area contributed by atoms with E-state index in [9.17, 15) is 9.59 Å². The van der Waals surface area contributed by atoms with Gasteiger partial charge in [-0.15, -0.1) is 5.54 Å². The smallest absolute Gasteiger partial charge is 0.302 e. The summed E-state index contributed by atoms with van der Waals surface area (Å²) in [5.41, 5.74) is 8.29. The largest absolute Gasteiger partial charge is 0.497 e. The highest BCUT2D eigenvalue weighted by molar-refractivity contribution is 6.85. The number of anilines is 1. The molecule has 0 saturated heterocycles. The van der Waals surface area contributed by atoms with Crippen LogP contribution in [0.1, 0.15) is 74.6 Å². The van der Waals surface area contributed by atoms with Crippen LogP contribution in [0.15, 0.2) is 42.5 Å². The van der Waals surface area contributed by atoms with Crippen LogP contribution >= 0.6 is 0 Å². The van der Waals surface area contributed by atoms with Crippen molar-refractivity contribution < 1.29 is 19.1 Å². The van der Waals surface area contributed by atoms with Gasteiger partial charge < -0.3 is 19.7 Å². The van der Waals surface area contributed by atoms with Crippen LogP contribution in [0.2, 0.25) is 19.1 Å². The van der Waals surface area contributed by atoms with Crippen LogP contribution in [0.25, 0.3) is 0 Å². The maximum Gasteiger partial charge on any atom is 0.302 e. The highest BCUT2D eigenvalue weighted by Gasteiger charge is 2.50. The van der Waals surface area contributed by atoms with E-state index in [1.165, 1.54) is 56.7 Å². The quantitative estimate of drug-likeness (QED) is 0.158. The Labute approximate surface area is 257 Å². The van der Waals surface area contributed by atoms with Gasteiger partial charge in [-0.05, 0) is 122 Å². The summed E-state index contributed by atoms with van der Waals surface area (Å²) in [7, 11) is -0.258. The summed E-state index contributed by atoms with van der Waals surface area (Å²) in [5.74, 6) is 6.21. The van der Waals surface area contributed by atoms with Crippen molar-refractivity contribution in [3.05, 3.63) is 59.2 Å². The normalized spacial score (nSPS) is 27.1. The molecule has 7 heteroatoms. The molecule has 0 spiro atoms. The predicted molar refractivity (Wildman–Crippen MR) is 173 cm³/mol. The molecule has 43 heavy (non-hydrogen) atoms. The third-order valence-electron chi connectivity index (χ3n) is 10.3. The average Bonchev–Trinajstić information content (AvgIpc) is 2.97. The van der Waals surface area contributed by atoms with E-state index in [-0.39, 0.29) is 23.5 Å². The number of carbonyl (C=O) groups excluding carboxylic acids is 2. The van der Waals surface area contributed by atoms with Crippen LogP contribution in [0.4, 0.5) is 5.69 Å². The number of esters is 1. The van der Waals surface area contributed by atoms with Crippen molar-refractivity contribution in [1.29, 1.82) is 0 Å². The van der Waals surface area contributed by atoms with E-state index in [1.54, 1.807) is 7.11 Å². The number of ether oxygens (including phenoxy) is 2. The molecule has 0 aromatic heterocycles. The summed E-state index contributed by atoms with van der Waals surface area (Å²) in [5, 5.41) is 4.01. The summed E-state index contributed by atoms with van der Waals surface area (Å²) in [6, 6.07) is 15.7. The minimum Gasteiger partial charge on any atom is -0.497 e. The lowest BCUT2D eigenvalue weighted by atomic mass is 9.53. The number of methoxy groups -OCH3 is 1. The average molecular weight is 599 g/mol. The minimum atomic E-state index is -1.95. The Morgan fingerprint density at radius 1 is 1.02 bits per heavy atom. The van der Waals surface area contributed by atoms with Gasteiger partial charge in [-0.2, -0.15) is 0 Å². The lowest BCUT2D eigenvalue weighted by Crippen LogP contribution is -2.54. The molecule has 228 valence electrons. The number of fused-ring (bicyclic) bond motifs is 1. The Morgan fingerprint density at radius 2 is 1.70 bits per heavy atom. The molecule has 4 saturated carbocycles. The third kappa shape index (κ3) is 6.65. The molecule has 4 aliphatic carbocycles. The van der Waals surface area contributed by atoms with E-state index in [2.05, 4.69) is 66.3 Å². The number of amides is 1. The molecule has 1 amide bonds. The monoisotopic (exact) mass is 598 g/mol. The molecule has 2 aromatic rings. The van der Waals surface area contributed by atoms with Crippen molar-refractivity contribution in [3.63, 3.8) is 0 Å². The van der Waals surface area contributed by atoms with Crippen molar-refractivity contribution in [2.24, 2.45) is 17.8 Å². The molecule has 6 nitrogen and oxygen atoms in total. The standard InChI is InChI=1S/C36H46N2O4Si/c1-25(39)42-15-5-16-43(3,4)17-13-34(40)38-14-12-30-21-32(41-2)10-11-33(30)35(38)29-6-8-31(9-7-29)37-36-22-26-18-27(23-36)20-28(19-26)24-36/h6-11,21,26-28,35,37H,5,12,14-16,18-20,22-24H2,1-4H3/t26?,27?,28?,35-,36?/m0/s1. The first-order valence-electron chi connectivity index (χ1n) is 16.1. The summed E-state index contributed by atoms with van der Waals surface area (Å²) in [4.78, 5) is 26.8. The molecule has 1 heterocycles. The molecule has 0 radical (unpaired) electrons. The SMILES string of the molecule is COc1ccc2c(c1)CCN(C(=O)C#C[Si](C)(C)CCCOC(C)=O)[C@H]2c1ccc(NC23CC4CC(CC(C4)C2)C3)cc1. The molecule has 7 rings (SSSR count). The molecule has 1 atom stereocenters. The Bertz CT molecular complexity index is 1390. The fourth-order valence-corrected chi connectivity index (χ4v) is 10.3. The Morgan fingerprint density at radius 3 is 2.33 bits per heavy atom. The summed E-state index contributed by atoms with van der Waals surface area (Å²) >= 11 is 0. The first-order valence-corrected chi connectivity index (χ1v) is 19.3. The zero-order chi connectivity index (χ0) is 30.2. The second-order valence-electron chi connectivity index (χ2n) is 14.2. The molecule has 4 fully saturated rings. The zero-order valence-corrected chi connectivity index (χ0v) is 27.2. The van der Waals surface area contributed by atoms with Crippen LogP contribution in [0.3, 0.4) is 0 Å². The van der Waals surface area contributed by atoms with Gasteiger partial charge in [-0.25, -0.2) is 0 Å². The fraction of sp³-hybridized carbons (Fsp3) is 0.556. The summed E-state index contributed by atoms with van der Waals surface area (Å²) in [6.07, 6.45) is 9.78. The molecular weight excluding hydrogens is 552 g/mol. The highest BCUT2D eigenvalue weighted by Crippen LogP contribution is 2.56. The maximum atomic E-state index is 13.7. The van der Waals surface area contributed by atoms with Crippen LogP contribution in [0.5, 0.6) is 5.75 Å². The molecule has 5 aliphatic rings. The van der Waals surface area contributed by atoms with Gasteiger partial charge in [0, 0.05) is 24.7 Å². The van der Waals surface area contributed by atoms with Gasteiger partial charge in [0.2, 0.25) is 0 Å². The van der Waals surface area contributed by atoms with Gasteiger partial charge >= 0.3 is 5.97 Å². The first kappa shape index (κ1) is 29.8. The van der Waals surface area contributed by atoms with E-state index in [0.29, 0.717) is 13.2 Å². The van der Waals surface area contributed by atoms with Gasteiger partial charge in [0.25, 0.3) is 5.91 Å². The lowest BCUT2D eigenvalue weighted by molar-refractivity contribution is -0.141. The second kappa shape index (κ2) is 12.0. The Balaban J connectivity index is 1.22. The molecule has 1 N–H and O–H groups in total. The van der Waals surface area contributed by atoms with Gasteiger partial charge in [-0.1, -0.05) is 31.3 Å². The van der Waals surface area contributed by atoms with Crippen molar-refractivity contribution in [1.82, 2.24) is 4.90 Å². The van der Waals surface area contributed by atoms with Crippen molar-refractivity contribution in [3.8, 4) is 17.2 Å². The lowest BCUT2D eigenvalue weighted by Gasteiger charge is -2.57. The fourth-order valence-electron chi connectivity index (χ4n) is 8.71. The van der Waals surface area contributed by atoms with Gasteiger partial charge in [0.05, 0.1) is 19.8 Å². The number of nitrogens with zero attached hydrogens (tertiary/aromatic N) is 1. The highest BCUT2D eigenvalue weighted by atomic mass is 28.3. The van der Waals surface area contributed by atoms with Crippen molar-refractivity contribution in [2.75, 3.05) is 25.6 Å². The van der Waals surface area contributed by atoms with Crippen LogP contribution in [-0.4, -0.2) is 50.7 Å². The van der Waals surface area contributed by atoms with Gasteiger partial charge in [0.15, 0.2) is 0 Å². The maximum absolute atomic E-state index is 13.7. The third-order valence-corrected chi connectivity index (χ3v) is 12.7. The van der Waals surface area contributed by atoms with E-state index in [4.69, 9.17) is 9.47 Å². The molecule has 4 bridgehead atoms.